The van der Waals surface area contributed by atoms with E-state index in [1.54, 1.807) is 12.4 Å². The minimum absolute atomic E-state index is 0.0581. The molecule has 0 unspecified atom stereocenters. The van der Waals surface area contributed by atoms with Crippen LogP contribution in [0, 0.1) is 23.4 Å². The molecule has 0 saturated heterocycles. The largest absolute Gasteiger partial charge is 0.376 e. The van der Waals surface area contributed by atoms with Crippen molar-refractivity contribution < 1.29 is 27.5 Å². The van der Waals surface area contributed by atoms with Gasteiger partial charge in [0.05, 0.1) is 18.3 Å². The third kappa shape index (κ3) is 6.16. The zero-order valence-electron chi connectivity index (χ0n) is 21.3. The van der Waals surface area contributed by atoms with Gasteiger partial charge in [0.1, 0.15) is 34.6 Å². The lowest BCUT2D eigenvalue weighted by Gasteiger charge is -2.39. The summed E-state index contributed by atoms with van der Waals surface area (Å²) >= 11 is 0. The second kappa shape index (κ2) is 12.0. The highest BCUT2D eigenvalue weighted by Crippen LogP contribution is 2.38. The van der Waals surface area contributed by atoms with Gasteiger partial charge in [0.15, 0.2) is 5.78 Å². The first kappa shape index (κ1) is 27.6. The maximum absolute atomic E-state index is 14.5. The molecule has 1 aliphatic rings. The summed E-state index contributed by atoms with van der Waals surface area (Å²) in [5.74, 6) is -3.06. The number of rotatable bonds is 9. The van der Waals surface area contributed by atoms with Crippen LogP contribution < -0.4 is 5.73 Å². The minimum atomic E-state index is -0.970. The van der Waals surface area contributed by atoms with Crippen molar-refractivity contribution in [2.24, 2.45) is 11.7 Å². The van der Waals surface area contributed by atoms with E-state index in [4.69, 9.17) is 10.5 Å². The van der Waals surface area contributed by atoms with E-state index in [1.807, 2.05) is 6.07 Å². The fraction of sp³-hybridized carbons (Fsp3) is 0.379. The normalized spacial score (nSPS) is 21.3. The number of hydrogen-bond acceptors (Lipinski definition) is 6. The first-order valence-electron chi connectivity index (χ1n) is 12.6. The summed E-state index contributed by atoms with van der Waals surface area (Å²) in [7, 11) is 0. The van der Waals surface area contributed by atoms with Crippen molar-refractivity contribution in [2.45, 2.75) is 57.6 Å². The van der Waals surface area contributed by atoms with Crippen LogP contribution in [0.5, 0.6) is 0 Å². The Morgan fingerprint density at radius 3 is 2.47 bits per heavy atom. The number of aromatic nitrogens is 2. The SMILES string of the molecule is CC(=O)CCO[C@H]1[C@H](C)C[C@H](c2ccncc2CC(=O)c2ccc(F)c(-c3c(F)cccc3F)n2)C[C@@H]1N. The third-order valence-corrected chi connectivity index (χ3v) is 7.02. The number of nitrogens with two attached hydrogens (primary N) is 1. The average molecular weight is 526 g/mol. The molecule has 38 heavy (non-hydrogen) atoms. The molecule has 0 bridgehead atoms. The van der Waals surface area contributed by atoms with Gasteiger partial charge in [-0.3, -0.25) is 14.6 Å². The number of carbonyl (C=O) groups is 2. The van der Waals surface area contributed by atoms with Gasteiger partial charge in [-0.1, -0.05) is 13.0 Å². The van der Waals surface area contributed by atoms with Crippen molar-refractivity contribution in [1.29, 1.82) is 0 Å². The van der Waals surface area contributed by atoms with Crippen molar-refractivity contribution in [3.63, 3.8) is 0 Å². The standard InChI is InChI=1S/C29H30F3N3O3/c1-16-12-18(13-24(33)29(16)38-11-9-17(2)36)20-8-10-34-15-19(20)14-26(37)25-7-6-23(32)28(35-25)27-21(30)4-3-5-22(27)31/h3-8,10,15-16,18,24,29H,9,11-14,33H2,1-2H3/t16-,18+,24+,29+/m1/s1. The second-order valence-corrected chi connectivity index (χ2v) is 9.89. The van der Waals surface area contributed by atoms with Gasteiger partial charge in [-0.2, -0.15) is 0 Å². The van der Waals surface area contributed by atoms with Gasteiger partial charge in [0.25, 0.3) is 0 Å². The molecule has 200 valence electrons. The molecule has 0 amide bonds. The number of nitrogens with zero attached hydrogens (tertiary/aromatic N) is 2. The topological polar surface area (TPSA) is 95.2 Å². The molecule has 1 aliphatic carbocycles. The molecule has 1 saturated carbocycles. The van der Waals surface area contributed by atoms with E-state index >= 15 is 0 Å². The van der Waals surface area contributed by atoms with Crippen molar-refractivity contribution in [3.8, 4) is 11.3 Å². The van der Waals surface area contributed by atoms with Crippen LogP contribution in [0.4, 0.5) is 13.2 Å². The van der Waals surface area contributed by atoms with Gasteiger partial charge in [-0.05, 0) is 73.1 Å². The summed E-state index contributed by atoms with van der Waals surface area (Å²) in [6.07, 6.45) is 4.78. The first-order chi connectivity index (χ1) is 18.2. The van der Waals surface area contributed by atoms with E-state index in [2.05, 4.69) is 16.9 Å². The lowest BCUT2D eigenvalue weighted by Crippen LogP contribution is -2.46. The summed E-state index contributed by atoms with van der Waals surface area (Å²) in [6, 6.07) is 6.99. The summed E-state index contributed by atoms with van der Waals surface area (Å²) < 4.78 is 49.0. The van der Waals surface area contributed by atoms with Gasteiger partial charge < -0.3 is 10.5 Å². The fourth-order valence-corrected chi connectivity index (χ4v) is 5.19. The highest BCUT2D eigenvalue weighted by atomic mass is 19.1. The number of ether oxygens (including phenoxy) is 1. The van der Waals surface area contributed by atoms with Crippen LogP contribution in [0.25, 0.3) is 11.3 Å². The average Bonchev–Trinajstić information content (AvgIpc) is 2.86. The molecule has 1 aromatic carbocycles. The molecule has 9 heteroatoms. The number of halogens is 3. The number of benzene rings is 1. The van der Waals surface area contributed by atoms with Crippen LogP contribution in [-0.4, -0.2) is 40.3 Å². The third-order valence-electron chi connectivity index (χ3n) is 7.02. The predicted octanol–water partition coefficient (Wildman–Crippen LogP) is 5.19. The molecule has 3 aromatic rings. The van der Waals surface area contributed by atoms with Crippen molar-refractivity contribution in [2.75, 3.05) is 6.61 Å². The Bertz CT molecular complexity index is 1300. The molecule has 0 radical (unpaired) electrons. The van der Waals surface area contributed by atoms with E-state index in [-0.39, 0.29) is 41.9 Å². The zero-order chi connectivity index (χ0) is 27.4. The molecule has 0 aliphatic heterocycles. The number of Topliss-reactive ketones (excluding diaryl/α,β-unsaturated/α-hetero) is 2. The molecule has 4 atom stereocenters. The summed E-state index contributed by atoms with van der Waals surface area (Å²) in [6.45, 7) is 3.92. The molecule has 0 spiro atoms. The molecule has 2 aromatic heterocycles. The summed E-state index contributed by atoms with van der Waals surface area (Å²) in [5.41, 5.74) is 6.80. The smallest absolute Gasteiger partial charge is 0.185 e. The Kier molecular flexibility index (Phi) is 8.69. The van der Waals surface area contributed by atoms with E-state index in [1.165, 1.54) is 19.1 Å². The Labute approximate surface area is 219 Å². The highest BCUT2D eigenvalue weighted by Gasteiger charge is 2.36. The van der Waals surface area contributed by atoms with Crippen LogP contribution in [0.1, 0.15) is 60.6 Å². The van der Waals surface area contributed by atoms with Crippen molar-refractivity contribution in [1.82, 2.24) is 9.97 Å². The Hall–Kier alpha value is -3.43. The quantitative estimate of drug-likeness (QED) is 0.386. The van der Waals surface area contributed by atoms with E-state index in [0.717, 1.165) is 30.2 Å². The van der Waals surface area contributed by atoms with Gasteiger partial charge >= 0.3 is 0 Å². The minimum Gasteiger partial charge on any atom is -0.376 e. The van der Waals surface area contributed by atoms with Crippen molar-refractivity contribution in [3.05, 3.63) is 83.1 Å². The van der Waals surface area contributed by atoms with Crippen LogP contribution in [-0.2, 0) is 16.0 Å². The van der Waals surface area contributed by atoms with Crippen LogP contribution >= 0.6 is 0 Å². The molecular formula is C29H30F3N3O3. The highest BCUT2D eigenvalue weighted by molar-refractivity contribution is 5.96. The molecule has 6 nitrogen and oxygen atoms in total. The van der Waals surface area contributed by atoms with Gasteiger partial charge in [0, 0.05) is 31.3 Å². The predicted molar refractivity (Wildman–Crippen MR) is 136 cm³/mol. The van der Waals surface area contributed by atoms with Gasteiger partial charge in [0.2, 0.25) is 0 Å². The molecule has 1 fully saturated rings. The Morgan fingerprint density at radius 1 is 1.05 bits per heavy atom. The lowest BCUT2D eigenvalue weighted by molar-refractivity contribution is -0.119. The second-order valence-electron chi connectivity index (χ2n) is 9.89. The van der Waals surface area contributed by atoms with Crippen molar-refractivity contribution >= 4 is 11.6 Å². The maximum Gasteiger partial charge on any atom is 0.185 e. The monoisotopic (exact) mass is 525 g/mol. The van der Waals surface area contributed by atoms with E-state index < -0.39 is 34.5 Å². The van der Waals surface area contributed by atoms with E-state index in [0.29, 0.717) is 25.0 Å². The van der Waals surface area contributed by atoms with Crippen LogP contribution in [0.2, 0.25) is 0 Å². The molecule has 2 heterocycles. The van der Waals surface area contributed by atoms with E-state index in [9.17, 15) is 22.8 Å². The van der Waals surface area contributed by atoms with Crippen LogP contribution in [0.15, 0.2) is 48.8 Å². The van der Waals surface area contributed by atoms with Crippen LogP contribution in [0.3, 0.4) is 0 Å². The maximum atomic E-state index is 14.5. The number of ketones is 2. The lowest BCUT2D eigenvalue weighted by atomic mass is 9.73. The zero-order valence-corrected chi connectivity index (χ0v) is 21.3. The number of carbonyl (C=O) groups excluding carboxylic acids is 2. The Morgan fingerprint density at radius 2 is 1.79 bits per heavy atom. The summed E-state index contributed by atoms with van der Waals surface area (Å²) in [4.78, 5) is 32.6. The molecular weight excluding hydrogens is 495 g/mol. The molecule has 2 N–H and O–H groups in total. The first-order valence-corrected chi connectivity index (χ1v) is 12.6. The number of pyridine rings is 2. The summed E-state index contributed by atoms with van der Waals surface area (Å²) in [5, 5.41) is 0. The number of hydrogen-bond donors (Lipinski definition) is 1. The fourth-order valence-electron chi connectivity index (χ4n) is 5.19. The van der Waals surface area contributed by atoms with Gasteiger partial charge in [-0.15, -0.1) is 0 Å². The Balaban J connectivity index is 1.53. The molecule has 4 rings (SSSR count). The van der Waals surface area contributed by atoms with Gasteiger partial charge in [-0.25, -0.2) is 18.2 Å².